The Morgan fingerprint density at radius 2 is 1.94 bits per heavy atom. The molecule has 0 saturated carbocycles. The van der Waals surface area contributed by atoms with Gasteiger partial charge in [0.2, 0.25) is 5.88 Å². The zero-order valence-electron chi connectivity index (χ0n) is 10.1. The molecule has 4 nitrogen and oxygen atoms in total. The molecule has 0 fully saturated rings. The summed E-state index contributed by atoms with van der Waals surface area (Å²) in [6.07, 6.45) is 0. The van der Waals surface area contributed by atoms with Gasteiger partial charge in [0.15, 0.2) is 4.67 Å². The molecule has 18 heavy (non-hydrogen) atoms. The molecule has 2 aromatic rings. The van der Waals surface area contributed by atoms with E-state index in [0.717, 1.165) is 16.8 Å². The number of aryl methyl sites for hydroxylation is 2. The first-order chi connectivity index (χ1) is 8.54. The lowest BCUT2D eigenvalue weighted by molar-refractivity contribution is 0.261. The number of urea groups is 1. The van der Waals surface area contributed by atoms with E-state index in [0.29, 0.717) is 10.6 Å². The third-order valence-corrected chi connectivity index (χ3v) is 2.88. The summed E-state index contributed by atoms with van der Waals surface area (Å²) in [4.78, 5) is 11.8. The maximum Gasteiger partial charge on any atom is 0.326 e. The minimum absolute atomic E-state index is 0.328. The predicted molar refractivity (Wildman–Crippen MR) is 75.0 cm³/mol. The van der Waals surface area contributed by atoms with Crippen LogP contribution in [0.2, 0.25) is 0 Å². The third kappa shape index (κ3) is 3.13. The number of amides is 2. The van der Waals surface area contributed by atoms with Gasteiger partial charge in [-0.2, -0.15) is 0 Å². The summed E-state index contributed by atoms with van der Waals surface area (Å²) in [5.41, 5.74) is 2.89. The Hall–Kier alpha value is -1.75. The molecule has 0 saturated heterocycles. The molecule has 2 amide bonds. The number of benzene rings is 1. The van der Waals surface area contributed by atoms with Gasteiger partial charge in [0.05, 0.1) is 0 Å². The van der Waals surface area contributed by atoms with Crippen LogP contribution in [-0.4, -0.2) is 6.03 Å². The van der Waals surface area contributed by atoms with Crippen molar-refractivity contribution in [2.75, 3.05) is 10.6 Å². The Morgan fingerprint density at radius 3 is 2.61 bits per heavy atom. The van der Waals surface area contributed by atoms with Gasteiger partial charge in [-0.15, -0.1) is 0 Å². The lowest BCUT2D eigenvalue weighted by Gasteiger charge is -2.09. The monoisotopic (exact) mass is 308 g/mol. The highest BCUT2D eigenvalue weighted by molar-refractivity contribution is 9.10. The number of furan rings is 1. The summed E-state index contributed by atoms with van der Waals surface area (Å²) in [6.45, 7) is 3.92. The Bertz CT molecular complexity index is 578. The standard InChI is InChI=1S/C13H13BrN2O2/c1-8-3-4-9(2)10(7-8)15-13(17)16-12-6-5-11(14)18-12/h3-7H,1-2H3,(H2,15,16,17). The lowest BCUT2D eigenvalue weighted by atomic mass is 10.1. The molecule has 0 aliphatic carbocycles. The van der Waals surface area contributed by atoms with Gasteiger partial charge in [-0.05, 0) is 53.0 Å². The molecular weight excluding hydrogens is 296 g/mol. The fourth-order valence-corrected chi connectivity index (χ4v) is 1.82. The van der Waals surface area contributed by atoms with Crippen LogP contribution in [0.1, 0.15) is 11.1 Å². The zero-order valence-corrected chi connectivity index (χ0v) is 11.7. The van der Waals surface area contributed by atoms with Gasteiger partial charge in [-0.3, -0.25) is 5.32 Å². The molecule has 1 aromatic heterocycles. The van der Waals surface area contributed by atoms with Crippen LogP contribution in [0, 0.1) is 13.8 Å². The molecular formula is C13H13BrN2O2. The maximum absolute atomic E-state index is 11.8. The highest BCUT2D eigenvalue weighted by Crippen LogP contribution is 2.20. The Balaban J connectivity index is 2.05. The topological polar surface area (TPSA) is 54.3 Å². The van der Waals surface area contributed by atoms with Crippen molar-refractivity contribution in [2.24, 2.45) is 0 Å². The second-order valence-electron chi connectivity index (χ2n) is 4.00. The highest BCUT2D eigenvalue weighted by Gasteiger charge is 2.07. The Kier molecular flexibility index (Phi) is 3.72. The van der Waals surface area contributed by atoms with Crippen molar-refractivity contribution in [1.82, 2.24) is 0 Å². The zero-order chi connectivity index (χ0) is 13.1. The quantitative estimate of drug-likeness (QED) is 0.869. The minimum Gasteiger partial charge on any atom is -0.434 e. The van der Waals surface area contributed by atoms with Crippen molar-refractivity contribution in [3.8, 4) is 0 Å². The summed E-state index contributed by atoms with van der Waals surface area (Å²) in [5.74, 6) is 0.393. The van der Waals surface area contributed by atoms with E-state index in [1.54, 1.807) is 12.1 Å². The lowest BCUT2D eigenvalue weighted by Crippen LogP contribution is -2.19. The van der Waals surface area contributed by atoms with Gasteiger partial charge in [-0.25, -0.2) is 4.79 Å². The second-order valence-corrected chi connectivity index (χ2v) is 4.78. The number of carbonyl (C=O) groups excluding carboxylic acids is 1. The van der Waals surface area contributed by atoms with Crippen LogP contribution >= 0.6 is 15.9 Å². The second kappa shape index (κ2) is 5.27. The molecule has 0 aliphatic heterocycles. The van der Waals surface area contributed by atoms with E-state index in [2.05, 4.69) is 26.6 Å². The Labute approximate surface area is 114 Å². The molecule has 2 N–H and O–H groups in total. The first-order valence-electron chi connectivity index (χ1n) is 5.45. The normalized spacial score (nSPS) is 10.2. The molecule has 94 valence electrons. The SMILES string of the molecule is Cc1ccc(C)c(NC(=O)Nc2ccc(Br)o2)c1. The largest absolute Gasteiger partial charge is 0.434 e. The smallest absolute Gasteiger partial charge is 0.326 e. The van der Waals surface area contributed by atoms with Crippen molar-refractivity contribution < 1.29 is 9.21 Å². The number of anilines is 2. The first-order valence-corrected chi connectivity index (χ1v) is 6.24. The van der Waals surface area contributed by atoms with Gasteiger partial charge < -0.3 is 9.73 Å². The fourth-order valence-electron chi connectivity index (χ4n) is 1.52. The van der Waals surface area contributed by atoms with Crippen LogP contribution in [0.5, 0.6) is 0 Å². The number of hydrogen-bond acceptors (Lipinski definition) is 2. The summed E-state index contributed by atoms with van der Waals surface area (Å²) in [5, 5.41) is 5.39. The van der Waals surface area contributed by atoms with Gasteiger partial charge in [-0.1, -0.05) is 12.1 Å². The molecule has 0 spiro atoms. The molecule has 0 radical (unpaired) electrons. The molecule has 1 aromatic carbocycles. The number of hydrogen-bond donors (Lipinski definition) is 2. The molecule has 0 bridgehead atoms. The summed E-state index contributed by atoms with van der Waals surface area (Å²) >= 11 is 3.17. The van der Waals surface area contributed by atoms with E-state index in [1.807, 2.05) is 32.0 Å². The molecule has 0 unspecified atom stereocenters. The summed E-state index contributed by atoms with van der Waals surface area (Å²) < 4.78 is 5.76. The van der Waals surface area contributed by atoms with Gasteiger partial charge in [0.25, 0.3) is 0 Å². The molecule has 1 heterocycles. The van der Waals surface area contributed by atoms with E-state index in [1.165, 1.54) is 0 Å². The van der Waals surface area contributed by atoms with Crippen molar-refractivity contribution in [3.63, 3.8) is 0 Å². The average molecular weight is 309 g/mol. The van der Waals surface area contributed by atoms with Gasteiger partial charge in [0, 0.05) is 11.8 Å². The third-order valence-electron chi connectivity index (χ3n) is 2.45. The van der Waals surface area contributed by atoms with E-state index in [4.69, 9.17) is 4.42 Å². The fraction of sp³-hybridized carbons (Fsp3) is 0.154. The van der Waals surface area contributed by atoms with E-state index >= 15 is 0 Å². The van der Waals surface area contributed by atoms with E-state index in [9.17, 15) is 4.79 Å². The first kappa shape index (κ1) is 12.7. The Morgan fingerprint density at radius 1 is 1.17 bits per heavy atom. The highest BCUT2D eigenvalue weighted by atomic mass is 79.9. The number of rotatable bonds is 2. The van der Waals surface area contributed by atoms with Crippen molar-refractivity contribution in [3.05, 3.63) is 46.1 Å². The number of halogens is 1. The van der Waals surface area contributed by atoms with Crippen LogP contribution in [0.3, 0.4) is 0 Å². The van der Waals surface area contributed by atoms with Crippen LogP contribution in [0.15, 0.2) is 39.4 Å². The summed E-state index contributed by atoms with van der Waals surface area (Å²) in [7, 11) is 0. The average Bonchev–Trinajstić information content (AvgIpc) is 2.69. The van der Waals surface area contributed by atoms with Crippen LogP contribution in [0.4, 0.5) is 16.4 Å². The van der Waals surface area contributed by atoms with Crippen molar-refractivity contribution >= 4 is 33.5 Å². The van der Waals surface area contributed by atoms with E-state index in [-0.39, 0.29) is 6.03 Å². The molecule has 2 rings (SSSR count). The minimum atomic E-state index is -0.328. The molecule has 0 aliphatic rings. The van der Waals surface area contributed by atoms with Crippen LogP contribution < -0.4 is 10.6 Å². The number of carbonyl (C=O) groups is 1. The molecule has 0 atom stereocenters. The van der Waals surface area contributed by atoms with Crippen LogP contribution in [0.25, 0.3) is 0 Å². The maximum atomic E-state index is 11.8. The number of nitrogens with one attached hydrogen (secondary N) is 2. The van der Waals surface area contributed by atoms with Crippen molar-refractivity contribution in [2.45, 2.75) is 13.8 Å². The van der Waals surface area contributed by atoms with E-state index < -0.39 is 0 Å². The predicted octanol–water partition coefficient (Wildman–Crippen LogP) is 4.30. The summed E-state index contributed by atoms with van der Waals surface area (Å²) in [6, 6.07) is 8.95. The van der Waals surface area contributed by atoms with Crippen molar-refractivity contribution in [1.29, 1.82) is 0 Å². The van der Waals surface area contributed by atoms with Gasteiger partial charge >= 0.3 is 6.03 Å². The van der Waals surface area contributed by atoms with Gasteiger partial charge in [0.1, 0.15) is 0 Å². The van der Waals surface area contributed by atoms with Crippen LogP contribution in [-0.2, 0) is 0 Å². The molecule has 5 heteroatoms.